The topological polar surface area (TPSA) is 71.3 Å². The van der Waals surface area contributed by atoms with Crippen molar-refractivity contribution in [1.29, 1.82) is 0 Å². The predicted molar refractivity (Wildman–Crippen MR) is 110 cm³/mol. The molecule has 1 aromatic heterocycles. The van der Waals surface area contributed by atoms with Crippen LogP contribution in [0.2, 0.25) is 0 Å². The summed E-state index contributed by atoms with van der Waals surface area (Å²) in [6.07, 6.45) is 7.86. The Balaban J connectivity index is 1.34. The molecule has 3 atom stereocenters. The maximum absolute atomic E-state index is 13.4. The van der Waals surface area contributed by atoms with E-state index in [1.807, 2.05) is 30.3 Å². The Hall–Kier alpha value is -1.77. The molecule has 3 saturated heterocycles. The third-order valence-corrected chi connectivity index (χ3v) is 8.88. The Morgan fingerprint density at radius 2 is 1.59 bits per heavy atom. The zero-order chi connectivity index (χ0) is 20.0. The molecule has 0 aliphatic carbocycles. The molecule has 8 heteroatoms. The number of piperidine rings is 2. The Labute approximate surface area is 172 Å². The summed E-state index contributed by atoms with van der Waals surface area (Å²) >= 11 is 0. The van der Waals surface area contributed by atoms with Crippen LogP contribution in [-0.2, 0) is 10.0 Å². The van der Waals surface area contributed by atoms with Crippen molar-refractivity contribution in [3.05, 3.63) is 36.5 Å². The number of nitrogens with zero attached hydrogens (tertiary/aromatic N) is 5. The molecule has 2 bridgehead atoms. The SMILES string of the molecule is CC1CCN([C@@H]2C[C@H]3CC[C@@H](C2)N3S(=O)(=O)c2cn(-c3ccccc3)nn2)CC1. The van der Waals surface area contributed by atoms with Crippen molar-refractivity contribution in [3.8, 4) is 5.69 Å². The molecule has 3 aliphatic heterocycles. The fourth-order valence-corrected chi connectivity index (χ4v) is 7.13. The van der Waals surface area contributed by atoms with Gasteiger partial charge in [0.05, 0.1) is 11.9 Å². The maximum Gasteiger partial charge on any atom is 0.264 e. The fraction of sp³-hybridized carbons (Fsp3) is 0.619. The van der Waals surface area contributed by atoms with Gasteiger partial charge in [0.2, 0.25) is 5.03 Å². The van der Waals surface area contributed by atoms with Gasteiger partial charge in [0, 0.05) is 18.1 Å². The Bertz CT molecular complexity index is 938. The predicted octanol–water partition coefficient (Wildman–Crippen LogP) is 2.68. The molecule has 4 heterocycles. The summed E-state index contributed by atoms with van der Waals surface area (Å²) in [6, 6.07) is 10.2. The monoisotopic (exact) mass is 415 g/mol. The molecule has 0 amide bonds. The van der Waals surface area contributed by atoms with E-state index in [0.29, 0.717) is 6.04 Å². The smallest absolute Gasteiger partial charge is 0.264 e. The Kier molecular flexibility index (Phi) is 4.96. The molecular weight excluding hydrogens is 386 g/mol. The standard InChI is InChI=1S/C21H29N5O2S/c1-16-9-11-24(12-10-16)20-13-18-7-8-19(14-20)26(18)29(27,28)21-15-25(23-22-21)17-5-3-2-4-6-17/h2-6,15-16,18-20H,7-14H2,1H3/t18-,19+,20-. The minimum Gasteiger partial charge on any atom is -0.300 e. The van der Waals surface area contributed by atoms with Gasteiger partial charge < -0.3 is 4.90 Å². The number of benzene rings is 1. The molecular formula is C21H29N5O2S. The Morgan fingerprint density at radius 1 is 0.931 bits per heavy atom. The summed E-state index contributed by atoms with van der Waals surface area (Å²) < 4.78 is 30.1. The highest BCUT2D eigenvalue weighted by Gasteiger charge is 2.49. The van der Waals surface area contributed by atoms with Gasteiger partial charge >= 0.3 is 0 Å². The highest BCUT2D eigenvalue weighted by molar-refractivity contribution is 7.89. The van der Waals surface area contributed by atoms with Crippen molar-refractivity contribution in [3.63, 3.8) is 0 Å². The van der Waals surface area contributed by atoms with E-state index in [-0.39, 0.29) is 17.1 Å². The van der Waals surface area contributed by atoms with Gasteiger partial charge in [-0.3, -0.25) is 0 Å². The van der Waals surface area contributed by atoms with Crippen LogP contribution < -0.4 is 0 Å². The zero-order valence-electron chi connectivity index (χ0n) is 16.9. The molecule has 0 spiro atoms. The minimum atomic E-state index is -3.63. The largest absolute Gasteiger partial charge is 0.300 e. The van der Waals surface area contributed by atoms with Crippen LogP contribution in [0.4, 0.5) is 0 Å². The average molecular weight is 416 g/mol. The van der Waals surface area contributed by atoms with Crippen LogP contribution in [0.25, 0.3) is 5.69 Å². The number of fused-ring (bicyclic) bond motifs is 2. The molecule has 3 aliphatic rings. The number of sulfonamides is 1. The van der Waals surface area contributed by atoms with Crippen LogP contribution in [0.15, 0.2) is 41.6 Å². The summed E-state index contributed by atoms with van der Waals surface area (Å²) in [7, 11) is -3.63. The van der Waals surface area contributed by atoms with Gasteiger partial charge in [0.15, 0.2) is 0 Å². The second-order valence-electron chi connectivity index (χ2n) is 8.90. The second-order valence-corrected chi connectivity index (χ2v) is 10.7. The van der Waals surface area contributed by atoms with E-state index in [2.05, 4.69) is 22.1 Å². The van der Waals surface area contributed by atoms with Crippen LogP contribution in [-0.4, -0.2) is 63.8 Å². The molecule has 7 nitrogen and oxygen atoms in total. The van der Waals surface area contributed by atoms with Crippen molar-refractivity contribution in [1.82, 2.24) is 24.2 Å². The first-order valence-electron chi connectivity index (χ1n) is 10.8. The molecule has 3 fully saturated rings. The van der Waals surface area contributed by atoms with Gasteiger partial charge in [-0.15, -0.1) is 5.10 Å². The summed E-state index contributed by atoms with van der Waals surface area (Å²) in [5, 5.41) is 8.15. The lowest BCUT2D eigenvalue weighted by Gasteiger charge is -2.44. The first-order valence-corrected chi connectivity index (χ1v) is 12.2. The lowest BCUT2D eigenvalue weighted by molar-refractivity contribution is 0.0758. The summed E-state index contributed by atoms with van der Waals surface area (Å²) in [4.78, 5) is 2.61. The van der Waals surface area contributed by atoms with E-state index < -0.39 is 10.0 Å². The van der Waals surface area contributed by atoms with E-state index in [1.54, 1.807) is 10.5 Å². The van der Waals surface area contributed by atoms with Crippen molar-refractivity contribution in [2.75, 3.05) is 13.1 Å². The van der Waals surface area contributed by atoms with Crippen molar-refractivity contribution < 1.29 is 8.42 Å². The van der Waals surface area contributed by atoms with Crippen molar-refractivity contribution in [2.45, 2.75) is 68.6 Å². The average Bonchev–Trinajstić information content (AvgIpc) is 3.33. The van der Waals surface area contributed by atoms with Crippen molar-refractivity contribution in [2.24, 2.45) is 5.92 Å². The number of hydrogen-bond donors (Lipinski definition) is 0. The molecule has 0 N–H and O–H groups in total. The highest BCUT2D eigenvalue weighted by Crippen LogP contribution is 2.41. The van der Waals surface area contributed by atoms with Crippen LogP contribution in [0.1, 0.15) is 45.4 Å². The van der Waals surface area contributed by atoms with E-state index in [9.17, 15) is 8.42 Å². The third kappa shape index (κ3) is 3.51. The first-order chi connectivity index (χ1) is 14.0. The normalized spacial score (nSPS) is 29.3. The molecule has 29 heavy (non-hydrogen) atoms. The number of para-hydroxylation sites is 1. The molecule has 5 rings (SSSR count). The first kappa shape index (κ1) is 19.2. The van der Waals surface area contributed by atoms with Gasteiger partial charge in [-0.1, -0.05) is 30.3 Å². The van der Waals surface area contributed by atoms with E-state index in [4.69, 9.17) is 0 Å². The van der Waals surface area contributed by atoms with Gasteiger partial charge in [0.25, 0.3) is 10.0 Å². The second kappa shape index (κ2) is 7.49. The van der Waals surface area contributed by atoms with Crippen molar-refractivity contribution >= 4 is 10.0 Å². The molecule has 0 saturated carbocycles. The van der Waals surface area contributed by atoms with E-state index in [0.717, 1.165) is 50.4 Å². The van der Waals surface area contributed by atoms with Crippen LogP contribution in [0, 0.1) is 5.92 Å². The minimum absolute atomic E-state index is 0.0588. The van der Waals surface area contributed by atoms with Gasteiger partial charge in [-0.25, -0.2) is 13.1 Å². The lowest BCUT2D eigenvalue weighted by Crippen LogP contribution is -2.53. The van der Waals surface area contributed by atoms with Crippen LogP contribution >= 0.6 is 0 Å². The molecule has 2 aromatic rings. The Morgan fingerprint density at radius 3 is 2.24 bits per heavy atom. The van der Waals surface area contributed by atoms with Gasteiger partial charge in [0.1, 0.15) is 0 Å². The van der Waals surface area contributed by atoms with E-state index >= 15 is 0 Å². The molecule has 156 valence electrons. The molecule has 1 aromatic carbocycles. The number of rotatable bonds is 4. The quantitative estimate of drug-likeness (QED) is 0.768. The van der Waals surface area contributed by atoms with Crippen LogP contribution in [0.3, 0.4) is 0 Å². The maximum atomic E-state index is 13.4. The number of likely N-dealkylation sites (tertiary alicyclic amines) is 1. The fourth-order valence-electron chi connectivity index (χ4n) is 5.37. The third-order valence-electron chi connectivity index (χ3n) is 7.01. The van der Waals surface area contributed by atoms with Gasteiger partial charge in [-0.05, 0) is 69.7 Å². The summed E-state index contributed by atoms with van der Waals surface area (Å²) in [5.41, 5.74) is 0.808. The number of aromatic nitrogens is 3. The number of hydrogen-bond acceptors (Lipinski definition) is 5. The lowest BCUT2D eigenvalue weighted by atomic mass is 9.93. The van der Waals surface area contributed by atoms with E-state index in [1.165, 1.54) is 17.5 Å². The van der Waals surface area contributed by atoms with Crippen LogP contribution in [0.5, 0.6) is 0 Å². The molecule has 0 radical (unpaired) electrons. The highest BCUT2D eigenvalue weighted by atomic mass is 32.2. The molecule has 0 unspecified atom stereocenters. The van der Waals surface area contributed by atoms with Gasteiger partial charge in [-0.2, -0.15) is 4.31 Å². The zero-order valence-corrected chi connectivity index (χ0v) is 17.7. The summed E-state index contributed by atoms with van der Waals surface area (Å²) in [5.74, 6) is 0.815. The summed E-state index contributed by atoms with van der Waals surface area (Å²) in [6.45, 7) is 4.64.